The van der Waals surface area contributed by atoms with Gasteiger partial charge < -0.3 is 10.2 Å². The summed E-state index contributed by atoms with van der Waals surface area (Å²) in [5.41, 5.74) is 6.51. The van der Waals surface area contributed by atoms with Crippen molar-refractivity contribution in [2.24, 2.45) is 10.5 Å². The Hall–Kier alpha value is -1.10. The molecule has 0 aromatic heterocycles. The Morgan fingerprint density at radius 3 is 2.36 bits per heavy atom. The largest absolute Gasteiger partial charge is 0.395 e. The second-order valence-corrected chi connectivity index (χ2v) is 2.37. The number of hydrogen-bond acceptors (Lipinski definition) is 3. The summed E-state index contributed by atoms with van der Waals surface area (Å²) < 4.78 is 0. The molecule has 0 heterocycles. The molecule has 0 bridgehead atoms. The van der Waals surface area contributed by atoms with Crippen LogP contribution in [0.3, 0.4) is 0 Å². The zero-order valence-electron chi connectivity index (χ0n) is 6.06. The highest BCUT2D eigenvalue weighted by Crippen LogP contribution is 2.15. The molecule has 6 heteroatoms. The van der Waals surface area contributed by atoms with E-state index < -0.39 is 24.5 Å². The third kappa shape index (κ3) is 2.19. The fraction of sp³-hybridized carbons (Fsp3) is 0.800. The van der Waals surface area contributed by atoms with Crippen LogP contribution in [-0.2, 0) is 4.79 Å². The summed E-state index contributed by atoms with van der Waals surface area (Å²) in [7, 11) is 0. The van der Waals surface area contributed by atoms with Gasteiger partial charge in [-0.3, -0.25) is 4.79 Å². The zero-order chi connectivity index (χ0) is 8.91. The van der Waals surface area contributed by atoms with E-state index in [4.69, 9.17) is 15.7 Å². The quantitative estimate of drug-likeness (QED) is 0.338. The third-order valence-electron chi connectivity index (χ3n) is 1.35. The van der Waals surface area contributed by atoms with Crippen LogP contribution < -0.4 is 0 Å². The maximum Gasteiger partial charge on any atom is 0.229 e. The first-order valence-electron chi connectivity index (χ1n) is 2.92. The molecule has 0 aliphatic rings. The maximum absolute atomic E-state index is 10.8. The van der Waals surface area contributed by atoms with Gasteiger partial charge in [0, 0.05) is 4.91 Å². The van der Waals surface area contributed by atoms with Crippen LogP contribution in [-0.4, -0.2) is 29.3 Å². The van der Waals surface area contributed by atoms with Gasteiger partial charge in [0.1, 0.15) is 0 Å². The third-order valence-corrected chi connectivity index (χ3v) is 1.35. The van der Waals surface area contributed by atoms with Crippen LogP contribution in [0.4, 0.5) is 0 Å². The second kappa shape index (κ2) is 3.92. The van der Waals surface area contributed by atoms with E-state index in [0.29, 0.717) is 0 Å². The summed E-state index contributed by atoms with van der Waals surface area (Å²) >= 11 is 0. The Bertz CT molecular complexity index is 193. The Balaban J connectivity index is 4.49. The van der Waals surface area contributed by atoms with Gasteiger partial charge >= 0.3 is 0 Å². The monoisotopic (exact) mass is 159 g/mol. The van der Waals surface area contributed by atoms with Crippen LogP contribution in [0.1, 0.15) is 6.92 Å². The van der Waals surface area contributed by atoms with Crippen molar-refractivity contribution >= 4 is 5.91 Å². The topological polar surface area (TPSA) is 106 Å². The van der Waals surface area contributed by atoms with Crippen LogP contribution in [0.2, 0.25) is 0 Å². The van der Waals surface area contributed by atoms with Crippen LogP contribution in [0.25, 0.3) is 10.4 Å². The fourth-order valence-electron chi connectivity index (χ4n) is 0.347. The number of carbonyl (C=O) groups is 1. The van der Waals surface area contributed by atoms with Crippen molar-refractivity contribution in [3.8, 4) is 0 Å². The van der Waals surface area contributed by atoms with Crippen molar-refractivity contribution in [3.63, 3.8) is 0 Å². The second-order valence-electron chi connectivity index (χ2n) is 2.37. The summed E-state index contributed by atoms with van der Waals surface area (Å²) in [4.78, 5) is 13.0. The van der Waals surface area contributed by atoms with Gasteiger partial charge in [-0.2, -0.15) is 0 Å². The van der Waals surface area contributed by atoms with E-state index in [2.05, 4.69) is 10.0 Å². The van der Waals surface area contributed by atoms with Crippen molar-refractivity contribution in [1.82, 2.24) is 0 Å². The van der Waals surface area contributed by atoms with Crippen molar-refractivity contribution in [2.45, 2.75) is 6.92 Å². The number of nitrogens with zero attached hydrogens (tertiary/aromatic N) is 3. The lowest BCUT2D eigenvalue weighted by Crippen LogP contribution is -2.33. The molecule has 11 heavy (non-hydrogen) atoms. The molecule has 0 aromatic rings. The molecule has 0 spiro atoms. The molecule has 0 atom stereocenters. The molecule has 2 N–H and O–H groups in total. The predicted molar refractivity (Wildman–Crippen MR) is 36.4 cm³/mol. The average Bonchev–Trinajstić information content (AvgIpc) is 2.03. The first kappa shape index (κ1) is 9.90. The normalized spacial score (nSPS) is 10.5. The van der Waals surface area contributed by atoms with E-state index >= 15 is 0 Å². The Labute approximate surface area is 63.1 Å². The molecule has 0 saturated heterocycles. The molecule has 62 valence electrons. The predicted octanol–water partition coefficient (Wildman–Crippen LogP) is -0.186. The number of carbonyl (C=O) groups excluding carboxylic acids is 1. The Morgan fingerprint density at radius 1 is 1.64 bits per heavy atom. The highest BCUT2D eigenvalue weighted by Gasteiger charge is 2.30. The Morgan fingerprint density at radius 2 is 2.09 bits per heavy atom. The Kier molecular flexibility index (Phi) is 3.53. The van der Waals surface area contributed by atoms with Crippen molar-refractivity contribution in [1.29, 1.82) is 0 Å². The van der Waals surface area contributed by atoms with Crippen LogP contribution in [0.15, 0.2) is 5.11 Å². The molecule has 0 aliphatic carbocycles. The number of azide groups is 1. The minimum Gasteiger partial charge on any atom is -0.395 e. The summed E-state index contributed by atoms with van der Waals surface area (Å²) in [5, 5.41) is 20.0. The first-order chi connectivity index (χ1) is 5.10. The number of hydrogen-bond donors (Lipinski definition) is 2. The lowest BCUT2D eigenvalue weighted by Gasteiger charge is -2.19. The van der Waals surface area contributed by atoms with Gasteiger partial charge in [-0.25, -0.2) is 0 Å². The first-order valence-corrected chi connectivity index (χ1v) is 2.92. The molecular weight excluding hydrogens is 150 g/mol. The summed E-state index contributed by atoms with van der Waals surface area (Å²) in [6, 6.07) is 0. The highest BCUT2D eigenvalue weighted by molar-refractivity contribution is 5.83. The number of rotatable bonds is 3. The molecule has 0 radical (unpaired) electrons. The summed E-state index contributed by atoms with van der Waals surface area (Å²) in [6.45, 7) is 0.229. The van der Waals surface area contributed by atoms with E-state index in [9.17, 15) is 4.79 Å². The SMILES string of the molecule is CC(CO)(CO)C(=O)N=[N+]=[N-]. The van der Waals surface area contributed by atoms with Crippen LogP contribution >= 0.6 is 0 Å². The number of aliphatic hydroxyl groups is 2. The molecule has 1 amide bonds. The molecule has 0 unspecified atom stereocenters. The van der Waals surface area contributed by atoms with E-state index in [-0.39, 0.29) is 0 Å². The van der Waals surface area contributed by atoms with Crippen molar-refractivity contribution in [2.75, 3.05) is 13.2 Å². The molecule has 0 fully saturated rings. The van der Waals surface area contributed by atoms with Gasteiger partial charge in [0.05, 0.1) is 18.6 Å². The average molecular weight is 159 g/mol. The van der Waals surface area contributed by atoms with Gasteiger partial charge in [-0.1, -0.05) is 0 Å². The molecule has 0 aliphatic heterocycles. The van der Waals surface area contributed by atoms with Crippen LogP contribution in [0.5, 0.6) is 0 Å². The maximum atomic E-state index is 10.8. The highest BCUT2D eigenvalue weighted by atomic mass is 16.3. The summed E-state index contributed by atoms with van der Waals surface area (Å²) in [5.74, 6) is -0.856. The fourth-order valence-corrected chi connectivity index (χ4v) is 0.347. The van der Waals surface area contributed by atoms with Gasteiger partial charge in [-0.05, 0) is 17.6 Å². The van der Waals surface area contributed by atoms with Crippen LogP contribution in [0, 0.1) is 5.41 Å². The standard InChI is InChI=1S/C5H9N3O3/c1-5(2-9,3-10)4(11)7-8-6/h9-10H,2-3H2,1H3. The van der Waals surface area contributed by atoms with E-state index in [0.717, 1.165) is 0 Å². The van der Waals surface area contributed by atoms with E-state index in [1.165, 1.54) is 6.92 Å². The molecule has 0 saturated carbocycles. The molecule has 6 nitrogen and oxygen atoms in total. The smallest absolute Gasteiger partial charge is 0.229 e. The zero-order valence-corrected chi connectivity index (χ0v) is 6.06. The van der Waals surface area contributed by atoms with Crippen molar-refractivity contribution < 1.29 is 15.0 Å². The lowest BCUT2D eigenvalue weighted by molar-refractivity contribution is -0.131. The van der Waals surface area contributed by atoms with E-state index in [1.807, 2.05) is 0 Å². The van der Waals surface area contributed by atoms with Crippen molar-refractivity contribution in [3.05, 3.63) is 10.4 Å². The van der Waals surface area contributed by atoms with Gasteiger partial charge in [-0.15, -0.1) is 0 Å². The minimum atomic E-state index is -1.35. The van der Waals surface area contributed by atoms with Gasteiger partial charge in [0.25, 0.3) is 0 Å². The lowest BCUT2D eigenvalue weighted by atomic mass is 9.92. The number of amides is 1. The molecule has 0 rings (SSSR count). The van der Waals surface area contributed by atoms with E-state index in [1.54, 1.807) is 0 Å². The minimum absolute atomic E-state index is 0.540. The summed E-state index contributed by atoms with van der Waals surface area (Å²) in [6.07, 6.45) is 0. The molecule has 0 aromatic carbocycles. The molecular formula is C5H9N3O3. The van der Waals surface area contributed by atoms with Gasteiger partial charge in [0.2, 0.25) is 5.91 Å². The number of aliphatic hydroxyl groups excluding tert-OH is 2. The van der Waals surface area contributed by atoms with Gasteiger partial charge in [0.15, 0.2) is 0 Å².